The van der Waals surface area contributed by atoms with Crippen molar-refractivity contribution in [2.45, 2.75) is 11.3 Å². The van der Waals surface area contributed by atoms with Crippen LogP contribution >= 0.6 is 11.6 Å². The number of halogens is 1. The summed E-state index contributed by atoms with van der Waals surface area (Å²) in [5.41, 5.74) is 0.344. The van der Waals surface area contributed by atoms with Gasteiger partial charge in [-0.05, 0) is 18.2 Å². The molecule has 0 radical (unpaired) electrons. The molecule has 1 heterocycles. The van der Waals surface area contributed by atoms with Crippen LogP contribution in [0.15, 0.2) is 40.2 Å². The Morgan fingerprint density at radius 2 is 2.19 bits per heavy atom. The zero-order valence-electron chi connectivity index (χ0n) is 10.6. The van der Waals surface area contributed by atoms with E-state index in [9.17, 15) is 13.2 Å². The second-order valence-corrected chi connectivity index (χ2v) is 6.25. The van der Waals surface area contributed by atoms with E-state index in [0.29, 0.717) is 12.1 Å². The fourth-order valence-corrected chi connectivity index (χ4v) is 2.85. The lowest BCUT2D eigenvalue weighted by Crippen LogP contribution is -2.26. The number of nitrogens with zero attached hydrogens (tertiary/aromatic N) is 1. The normalized spacial score (nSPS) is 11.5. The summed E-state index contributed by atoms with van der Waals surface area (Å²) in [4.78, 5) is 14.7. The van der Waals surface area contributed by atoms with Crippen molar-refractivity contribution in [1.82, 2.24) is 9.71 Å². The maximum Gasteiger partial charge on any atom is 0.337 e. The highest BCUT2D eigenvalue weighted by atomic mass is 35.5. The minimum absolute atomic E-state index is 0.0240. The molecule has 0 fully saturated rings. The second kappa shape index (κ2) is 6.25. The second-order valence-electron chi connectivity index (χ2n) is 4.07. The number of rotatable bonds is 6. The minimum atomic E-state index is -3.82. The topological polar surface area (TPSA) is 110 Å². The summed E-state index contributed by atoms with van der Waals surface area (Å²) in [7, 11) is -3.82. The molecule has 0 amide bonds. The smallest absolute Gasteiger partial charge is 0.337 e. The lowest BCUT2D eigenvalue weighted by Gasteiger charge is -2.07. The van der Waals surface area contributed by atoms with Crippen LogP contribution in [0.3, 0.4) is 0 Å². The van der Waals surface area contributed by atoms with Crippen molar-refractivity contribution in [2.75, 3.05) is 6.54 Å². The van der Waals surface area contributed by atoms with E-state index in [-0.39, 0.29) is 22.0 Å². The average molecular weight is 331 g/mol. The molecule has 2 N–H and O–H groups in total. The van der Waals surface area contributed by atoms with Crippen LogP contribution < -0.4 is 4.72 Å². The summed E-state index contributed by atoms with van der Waals surface area (Å²) < 4.78 is 31.2. The number of hydrogen-bond donors (Lipinski definition) is 2. The van der Waals surface area contributed by atoms with Gasteiger partial charge < -0.3 is 9.52 Å². The SMILES string of the molecule is O=C(O)c1cc(S(=O)(=O)NCCc2cocn2)ccc1Cl. The van der Waals surface area contributed by atoms with Crippen LogP contribution in [0.2, 0.25) is 5.02 Å². The molecular weight excluding hydrogens is 320 g/mol. The Morgan fingerprint density at radius 1 is 1.43 bits per heavy atom. The number of benzene rings is 1. The van der Waals surface area contributed by atoms with Gasteiger partial charge in [-0.1, -0.05) is 11.6 Å². The maximum absolute atomic E-state index is 12.1. The van der Waals surface area contributed by atoms with Gasteiger partial charge in [-0.3, -0.25) is 0 Å². The highest BCUT2D eigenvalue weighted by Gasteiger charge is 2.18. The molecule has 0 saturated carbocycles. The van der Waals surface area contributed by atoms with Crippen molar-refractivity contribution in [3.05, 3.63) is 47.1 Å². The molecule has 0 bridgehead atoms. The standard InChI is InChI=1S/C12H11ClN2O5S/c13-11-2-1-9(5-10(11)12(16)17)21(18,19)15-4-3-8-6-20-7-14-8/h1-2,5-7,15H,3-4H2,(H,16,17). The van der Waals surface area contributed by atoms with Gasteiger partial charge in [0.05, 0.1) is 21.2 Å². The summed E-state index contributed by atoms with van der Waals surface area (Å²) in [6.45, 7) is 0.111. The van der Waals surface area contributed by atoms with Crippen LogP contribution in [0.25, 0.3) is 0 Å². The number of oxazole rings is 1. The third-order valence-electron chi connectivity index (χ3n) is 2.64. The molecule has 2 aromatic rings. The van der Waals surface area contributed by atoms with Crippen LogP contribution in [0, 0.1) is 0 Å². The summed E-state index contributed by atoms with van der Waals surface area (Å²) in [5.74, 6) is -1.29. The monoisotopic (exact) mass is 330 g/mol. The number of hydrogen-bond acceptors (Lipinski definition) is 5. The van der Waals surface area contributed by atoms with E-state index in [1.807, 2.05) is 0 Å². The number of nitrogens with one attached hydrogen (secondary N) is 1. The molecule has 1 aromatic carbocycles. The molecular formula is C12H11ClN2O5S. The summed E-state index contributed by atoms with van der Waals surface area (Å²) in [6.07, 6.45) is 3.02. The Morgan fingerprint density at radius 3 is 2.81 bits per heavy atom. The van der Waals surface area contributed by atoms with Crippen LogP contribution in [0.5, 0.6) is 0 Å². The molecule has 0 spiro atoms. The molecule has 0 aliphatic heterocycles. The Balaban J connectivity index is 2.12. The minimum Gasteiger partial charge on any atom is -0.478 e. The van der Waals surface area contributed by atoms with Crippen molar-refractivity contribution >= 4 is 27.6 Å². The molecule has 0 aliphatic carbocycles. The molecule has 9 heteroatoms. The summed E-state index contributed by atoms with van der Waals surface area (Å²) in [5, 5.41) is 8.91. The van der Waals surface area contributed by atoms with Crippen molar-refractivity contribution < 1.29 is 22.7 Å². The maximum atomic E-state index is 12.1. The van der Waals surface area contributed by atoms with E-state index in [4.69, 9.17) is 21.1 Å². The fraction of sp³-hybridized carbons (Fsp3) is 0.167. The Labute approximate surface area is 125 Å². The highest BCUT2D eigenvalue weighted by Crippen LogP contribution is 2.20. The van der Waals surface area contributed by atoms with Crippen LogP contribution in [0.1, 0.15) is 16.1 Å². The zero-order valence-corrected chi connectivity index (χ0v) is 12.2. The van der Waals surface area contributed by atoms with E-state index < -0.39 is 16.0 Å². The zero-order chi connectivity index (χ0) is 15.5. The van der Waals surface area contributed by atoms with E-state index >= 15 is 0 Å². The van der Waals surface area contributed by atoms with Crippen molar-refractivity contribution in [3.63, 3.8) is 0 Å². The molecule has 0 aliphatic rings. The number of carboxylic acids is 1. The molecule has 0 saturated heterocycles. The van der Waals surface area contributed by atoms with Crippen molar-refractivity contribution in [2.24, 2.45) is 0 Å². The third-order valence-corrected chi connectivity index (χ3v) is 4.42. The fourth-order valence-electron chi connectivity index (χ4n) is 1.59. The third kappa shape index (κ3) is 3.81. The van der Waals surface area contributed by atoms with E-state index in [2.05, 4.69) is 9.71 Å². The summed E-state index contributed by atoms with van der Waals surface area (Å²) >= 11 is 5.70. The van der Waals surface area contributed by atoms with E-state index in [1.54, 1.807) is 0 Å². The quantitative estimate of drug-likeness (QED) is 0.831. The number of carboxylic acid groups (broad SMARTS) is 1. The van der Waals surface area contributed by atoms with Crippen LogP contribution in [0.4, 0.5) is 0 Å². The van der Waals surface area contributed by atoms with Crippen molar-refractivity contribution in [1.29, 1.82) is 0 Å². The number of aromatic carboxylic acids is 1. The van der Waals surface area contributed by atoms with E-state index in [0.717, 1.165) is 6.07 Å². The van der Waals surface area contributed by atoms with Gasteiger partial charge in [-0.25, -0.2) is 22.9 Å². The molecule has 112 valence electrons. The molecule has 0 unspecified atom stereocenters. The predicted molar refractivity (Wildman–Crippen MR) is 73.8 cm³/mol. The number of sulfonamides is 1. The molecule has 21 heavy (non-hydrogen) atoms. The average Bonchev–Trinajstić information content (AvgIpc) is 2.91. The Bertz CT molecular complexity index is 743. The number of carbonyl (C=O) groups is 1. The lowest BCUT2D eigenvalue weighted by molar-refractivity contribution is 0.0697. The van der Waals surface area contributed by atoms with Gasteiger partial charge in [0.15, 0.2) is 6.39 Å². The van der Waals surface area contributed by atoms with Gasteiger partial charge in [0.2, 0.25) is 10.0 Å². The van der Waals surface area contributed by atoms with Gasteiger partial charge in [0, 0.05) is 13.0 Å². The van der Waals surface area contributed by atoms with Crippen LogP contribution in [-0.2, 0) is 16.4 Å². The van der Waals surface area contributed by atoms with Crippen LogP contribution in [-0.4, -0.2) is 31.0 Å². The van der Waals surface area contributed by atoms with Gasteiger partial charge in [0.25, 0.3) is 0 Å². The molecule has 2 rings (SSSR count). The lowest BCUT2D eigenvalue weighted by atomic mass is 10.2. The van der Waals surface area contributed by atoms with Gasteiger partial charge in [-0.15, -0.1) is 0 Å². The number of aromatic nitrogens is 1. The first kappa shape index (κ1) is 15.5. The van der Waals surface area contributed by atoms with Gasteiger partial charge in [-0.2, -0.15) is 0 Å². The Hall–Kier alpha value is -1.90. The van der Waals surface area contributed by atoms with Gasteiger partial charge in [0.1, 0.15) is 6.26 Å². The molecule has 7 nitrogen and oxygen atoms in total. The first-order chi connectivity index (χ1) is 9.90. The van der Waals surface area contributed by atoms with Crippen molar-refractivity contribution in [3.8, 4) is 0 Å². The molecule has 1 aromatic heterocycles. The largest absolute Gasteiger partial charge is 0.478 e. The van der Waals surface area contributed by atoms with Gasteiger partial charge >= 0.3 is 5.97 Å². The predicted octanol–water partition coefficient (Wildman–Crippen LogP) is 1.55. The molecule has 0 atom stereocenters. The Kier molecular flexibility index (Phi) is 4.61. The summed E-state index contributed by atoms with van der Waals surface area (Å²) in [6, 6.07) is 3.49. The first-order valence-electron chi connectivity index (χ1n) is 5.80. The van der Waals surface area contributed by atoms with E-state index in [1.165, 1.54) is 24.8 Å². The highest BCUT2D eigenvalue weighted by molar-refractivity contribution is 7.89. The first-order valence-corrected chi connectivity index (χ1v) is 7.66.